The van der Waals surface area contributed by atoms with Crippen LogP contribution in [-0.4, -0.2) is 6.36 Å². The van der Waals surface area contributed by atoms with Crippen molar-refractivity contribution in [3.8, 4) is 5.75 Å². The van der Waals surface area contributed by atoms with E-state index in [2.05, 4.69) is 16.8 Å². The molecule has 0 aromatic heterocycles. The van der Waals surface area contributed by atoms with E-state index < -0.39 is 6.36 Å². The summed E-state index contributed by atoms with van der Waals surface area (Å²) >= 11 is 0. The van der Waals surface area contributed by atoms with E-state index in [1.54, 1.807) is 6.07 Å². The van der Waals surface area contributed by atoms with Crippen molar-refractivity contribution in [3.05, 3.63) is 78.1 Å². The first-order valence-electron chi connectivity index (χ1n) is 6.89. The van der Waals surface area contributed by atoms with Gasteiger partial charge in [0.15, 0.2) is 0 Å². The third-order valence-electron chi connectivity index (χ3n) is 2.92. The van der Waals surface area contributed by atoms with E-state index in [1.165, 1.54) is 18.2 Å². The molecule has 0 aliphatic heterocycles. The van der Waals surface area contributed by atoms with Gasteiger partial charge in [-0.1, -0.05) is 55.1 Å². The van der Waals surface area contributed by atoms with Crippen LogP contribution in [0.1, 0.15) is 11.1 Å². The SMILES string of the molecule is C=C(Cc1ccccc1)ONCc1ccccc1OC(F)(F)F. The molecule has 0 saturated carbocycles. The normalized spacial score (nSPS) is 11.1. The Labute approximate surface area is 132 Å². The van der Waals surface area contributed by atoms with Crippen molar-refractivity contribution in [2.75, 3.05) is 0 Å². The van der Waals surface area contributed by atoms with Crippen molar-refractivity contribution in [3.63, 3.8) is 0 Å². The fourth-order valence-electron chi connectivity index (χ4n) is 1.95. The number of hydrogen-bond donors (Lipinski definition) is 1. The number of benzene rings is 2. The zero-order valence-corrected chi connectivity index (χ0v) is 12.3. The highest BCUT2D eigenvalue weighted by Crippen LogP contribution is 2.26. The Kier molecular flexibility index (Phi) is 5.65. The lowest BCUT2D eigenvalue weighted by Gasteiger charge is -2.14. The van der Waals surface area contributed by atoms with Crippen molar-refractivity contribution in [2.45, 2.75) is 19.3 Å². The van der Waals surface area contributed by atoms with Gasteiger partial charge in [-0.15, -0.1) is 13.2 Å². The summed E-state index contributed by atoms with van der Waals surface area (Å²) in [6, 6.07) is 15.5. The molecule has 2 aromatic carbocycles. The molecule has 6 heteroatoms. The average Bonchev–Trinajstić information content (AvgIpc) is 2.48. The van der Waals surface area contributed by atoms with Gasteiger partial charge in [0.2, 0.25) is 0 Å². The summed E-state index contributed by atoms with van der Waals surface area (Å²) < 4.78 is 40.9. The molecule has 23 heavy (non-hydrogen) atoms. The van der Waals surface area contributed by atoms with Gasteiger partial charge >= 0.3 is 6.36 Å². The minimum atomic E-state index is -4.73. The van der Waals surface area contributed by atoms with E-state index in [-0.39, 0.29) is 12.3 Å². The zero-order valence-electron chi connectivity index (χ0n) is 12.3. The van der Waals surface area contributed by atoms with E-state index in [0.29, 0.717) is 17.7 Å². The number of nitrogens with one attached hydrogen (secondary N) is 1. The van der Waals surface area contributed by atoms with Crippen molar-refractivity contribution >= 4 is 0 Å². The van der Waals surface area contributed by atoms with Crippen LogP contribution in [-0.2, 0) is 17.8 Å². The second kappa shape index (κ2) is 7.69. The molecule has 0 fully saturated rings. The number of para-hydroxylation sites is 1. The topological polar surface area (TPSA) is 30.5 Å². The summed E-state index contributed by atoms with van der Waals surface area (Å²) in [7, 11) is 0. The lowest BCUT2D eigenvalue weighted by atomic mass is 10.1. The third kappa shape index (κ3) is 6.04. The van der Waals surface area contributed by atoms with Crippen molar-refractivity contribution in [1.82, 2.24) is 5.48 Å². The Bertz CT molecular complexity index is 642. The van der Waals surface area contributed by atoms with Gasteiger partial charge in [0.1, 0.15) is 11.5 Å². The first-order valence-corrected chi connectivity index (χ1v) is 6.89. The second-order valence-corrected chi connectivity index (χ2v) is 4.78. The van der Waals surface area contributed by atoms with Crippen LogP contribution in [0.3, 0.4) is 0 Å². The minimum Gasteiger partial charge on any atom is -0.413 e. The lowest BCUT2D eigenvalue weighted by molar-refractivity contribution is -0.275. The van der Waals surface area contributed by atoms with Crippen LogP contribution in [0, 0.1) is 0 Å². The first-order chi connectivity index (χ1) is 10.9. The highest BCUT2D eigenvalue weighted by molar-refractivity contribution is 5.33. The van der Waals surface area contributed by atoms with Crippen LogP contribution < -0.4 is 10.2 Å². The van der Waals surface area contributed by atoms with E-state index in [4.69, 9.17) is 4.84 Å². The fourth-order valence-corrected chi connectivity index (χ4v) is 1.95. The molecule has 0 spiro atoms. The molecule has 0 heterocycles. The Balaban J connectivity index is 1.85. The molecular formula is C17H16F3NO2. The van der Waals surface area contributed by atoms with Crippen LogP contribution in [0.2, 0.25) is 0 Å². The monoisotopic (exact) mass is 323 g/mol. The molecule has 122 valence electrons. The summed E-state index contributed by atoms with van der Waals surface area (Å²) in [4.78, 5) is 5.25. The number of ether oxygens (including phenoxy) is 1. The highest BCUT2D eigenvalue weighted by Gasteiger charge is 2.31. The van der Waals surface area contributed by atoms with Gasteiger partial charge in [-0.25, -0.2) is 0 Å². The van der Waals surface area contributed by atoms with Gasteiger partial charge in [0.25, 0.3) is 0 Å². The van der Waals surface area contributed by atoms with Crippen molar-refractivity contribution < 1.29 is 22.7 Å². The maximum atomic E-state index is 12.3. The Morgan fingerprint density at radius 3 is 2.35 bits per heavy atom. The molecule has 0 aliphatic rings. The standard InChI is InChI=1S/C17H16F3NO2/c1-13(11-14-7-3-2-4-8-14)23-21-12-15-9-5-6-10-16(15)22-17(18,19)20/h2-10,21H,1,11-12H2. The number of halogens is 3. The van der Waals surface area contributed by atoms with Crippen LogP contribution in [0.15, 0.2) is 66.9 Å². The molecule has 1 N–H and O–H groups in total. The Morgan fingerprint density at radius 1 is 1.00 bits per heavy atom. The van der Waals surface area contributed by atoms with E-state index in [1.807, 2.05) is 30.3 Å². The molecule has 0 amide bonds. The van der Waals surface area contributed by atoms with Crippen LogP contribution in [0.4, 0.5) is 13.2 Å². The Morgan fingerprint density at radius 2 is 1.65 bits per heavy atom. The third-order valence-corrected chi connectivity index (χ3v) is 2.92. The van der Waals surface area contributed by atoms with Gasteiger partial charge in [-0.05, 0) is 11.6 Å². The van der Waals surface area contributed by atoms with Gasteiger partial charge < -0.3 is 9.57 Å². The number of allylic oxidation sites excluding steroid dienone is 1. The first kappa shape index (κ1) is 16.9. The van der Waals surface area contributed by atoms with Gasteiger partial charge in [-0.2, -0.15) is 5.48 Å². The molecule has 0 radical (unpaired) electrons. The fraction of sp³-hybridized carbons (Fsp3) is 0.176. The summed E-state index contributed by atoms with van der Waals surface area (Å²) in [6.07, 6.45) is -4.22. The number of alkyl halides is 3. The molecule has 0 unspecified atom stereocenters. The molecule has 0 atom stereocenters. The number of hydroxylamine groups is 1. The summed E-state index contributed by atoms with van der Waals surface area (Å²) in [6.45, 7) is 3.82. The van der Waals surface area contributed by atoms with Gasteiger partial charge in [-0.3, -0.25) is 0 Å². The van der Waals surface area contributed by atoms with E-state index in [0.717, 1.165) is 5.56 Å². The maximum absolute atomic E-state index is 12.3. The van der Waals surface area contributed by atoms with E-state index in [9.17, 15) is 13.2 Å². The number of hydrogen-bond acceptors (Lipinski definition) is 3. The summed E-state index contributed by atoms with van der Waals surface area (Å²) in [5, 5.41) is 0. The maximum Gasteiger partial charge on any atom is 0.573 e. The molecule has 0 saturated heterocycles. The average molecular weight is 323 g/mol. The van der Waals surface area contributed by atoms with Crippen LogP contribution in [0.25, 0.3) is 0 Å². The van der Waals surface area contributed by atoms with Gasteiger partial charge in [0, 0.05) is 12.0 Å². The van der Waals surface area contributed by atoms with Crippen LogP contribution in [0.5, 0.6) is 5.75 Å². The second-order valence-electron chi connectivity index (χ2n) is 4.78. The van der Waals surface area contributed by atoms with Crippen molar-refractivity contribution in [1.29, 1.82) is 0 Å². The summed E-state index contributed by atoms with van der Waals surface area (Å²) in [5.41, 5.74) is 3.96. The number of rotatable bonds is 7. The van der Waals surface area contributed by atoms with E-state index >= 15 is 0 Å². The molecule has 0 bridgehead atoms. The smallest absolute Gasteiger partial charge is 0.413 e. The quantitative estimate of drug-likeness (QED) is 0.606. The largest absolute Gasteiger partial charge is 0.573 e. The van der Waals surface area contributed by atoms with Crippen molar-refractivity contribution in [2.24, 2.45) is 0 Å². The molecule has 2 rings (SSSR count). The predicted octanol–water partition coefficient (Wildman–Crippen LogP) is 4.36. The molecule has 2 aromatic rings. The molecular weight excluding hydrogens is 307 g/mol. The van der Waals surface area contributed by atoms with Crippen LogP contribution >= 0.6 is 0 Å². The lowest BCUT2D eigenvalue weighted by Crippen LogP contribution is -2.20. The minimum absolute atomic E-state index is 0.0556. The molecule has 0 aliphatic carbocycles. The highest BCUT2D eigenvalue weighted by atomic mass is 19.4. The summed E-state index contributed by atoms with van der Waals surface area (Å²) in [5.74, 6) is 0.204. The Hall–Kier alpha value is -2.47. The molecule has 3 nitrogen and oxygen atoms in total. The van der Waals surface area contributed by atoms with Gasteiger partial charge in [0.05, 0.1) is 6.54 Å². The predicted molar refractivity (Wildman–Crippen MR) is 80.3 cm³/mol. The zero-order chi connectivity index (χ0) is 16.7.